The van der Waals surface area contributed by atoms with Gasteiger partial charge in [-0.3, -0.25) is 4.99 Å². The summed E-state index contributed by atoms with van der Waals surface area (Å²) in [6, 6.07) is 0.229. The number of nitrogens with zero attached hydrogens (tertiary/aromatic N) is 3. The van der Waals surface area contributed by atoms with Crippen LogP contribution >= 0.6 is 0 Å². The molecular weight excluding hydrogens is 254 g/mol. The Kier molecular flexibility index (Phi) is 4.60. The van der Waals surface area contributed by atoms with Gasteiger partial charge in [0.1, 0.15) is 5.71 Å². The van der Waals surface area contributed by atoms with E-state index >= 15 is 0 Å². The topological polar surface area (TPSA) is 45.1 Å². The van der Waals surface area contributed by atoms with Crippen molar-refractivity contribution in [1.82, 2.24) is 9.80 Å². The first-order valence-corrected chi connectivity index (χ1v) is 7.12. The van der Waals surface area contributed by atoms with E-state index in [0.717, 1.165) is 13.1 Å². The minimum atomic E-state index is -0.292. The highest BCUT2D eigenvalue weighted by atomic mass is 16.5. The van der Waals surface area contributed by atoms with E-state index in [9.17, 15) is 4.79 Å². The molecule has 1 unspecified atom stereocenters. The second-order valence-electron chi connectivity index (χ2n) is 5.32. The third-order valence-electron chi connectivity index (χ3n) is 3.56. The van der Waals surface area contributed by atoms with E-state index in [-0.39, 0.29) is 12.0 Å². The van der Waals surface area contributed by atoms with E-state index < -0.39 is 0 Å². The number of ether oxygens (including phenoxy) is 1. The molecule has 0 bridgehead atoms. The van der Waals surface area contributed by atoms with Crippen molar-refractivity contribution >= 4 is 11.7 Å². The van der Waals surface area contributed by atoms with Crippen LogP contribution in [0.3, 0.4) is 0 Å². The van der Waals surface area contributed by atoms with Crippen LogP contribution in [-0.4, -0.2) is 61.3 Å². The van der Waals surface area contributed by atoms with Gasteiger partial charge in [0.05, 0.1) is 12.6 Å². The van der Waals surface area contributed by atoms with Gasteiger partial charge >= 0.3 is 5.97 Å². The Balaban J connectivity index is 2.21. The maximum atomic E-state index is 11.8. The molecule has 5 heteroatoms. The number of rotatable bonds is 5. The van der Waals surface area contributed by atoms with Crippen molar-refractivity contribution < 1.29 is 9.53 Å². The zero-order valence-electron chi connectivity index (χ0n) is 12.7. The summed E-state index contributed by atoms with van der Waals surface area (Å²) < 4.78 is 5.05. The smallest absolute Gasteiger partial charge is 0.352 e. The monoisotopic (exact) mass is 277 g/mol. The number of likely N-dealkylation sites (N-methyl/N-ethyl adjacent to an activating group) is 2. The third-order valence-corrected chi connectivity index (χ3v) is 3.56. The average molecular weight is 277 g/mol. The molecule has 1 atom stereocenters. The molecule has 2 heterocycles. The second-order valence-corrected chi connectivity index (χ2v) is 5.32. The van der Waals surface area contributed by atoms with Gasteiger partial charge < -0.3 is 14.5 Å². The maximum Gasteiger partial charge on any atom is 0.352 e. The number of fused-ring (bicyclic) bond motifs is 1. The Labute approximate surface area is 120 Å². The van der Waals surface area contributed by atoms with Crippen molar-refractivity contribution in [1.29, 1.82) is 0 Å². The fourth-order valence-electron chi connectivity index (χ4n) is 2.67. The van der Waals surface area contributed by atoms with Crippen molar-refractivity contribution in [3.8, 4) is 0 Å². The molecule has 0 aromatic carbocycles. The van der Waals surface area contributed by atoms with Crippen LogP contribution in [0.5, 0.6) is 0 Å². The summed E-state index contributed by atoms with van der Waals surface area (Å²) >= 11 is 0. The lowest BCUT2D eigenvalue weighted by Crippen LogP contribution is -2.35. The van der Waals surface area contributed by atoms with Gasteiger partial charge in [-0.1, -0.05) is 0 Å². The Morgan fingerprint density at radius 3 is 2.85 bits per heavy atom. The molecule has 2 rings (SSSR count). The maximum absolute atomic E-state index is 11.8. The van der Waals surface area contributed by atoms with E-state index in [1.165, 1.54) is 11.1 Å². The molecule has 2 aliphatic rings. The number of hydrogen-bond donors (Lipinski definition) is 0. The second kappa shape index (κ2) is 6.22. The normalized spacial score (nSPS) is 21.4. The van der Waals surface area contributed by atoms with Crippen LogP contribution < -0.4 is 0 Å². The molecule has 2 aliphatic heterocycles. The van der Waals surface area contributed by atoms with Gasteiger partial charge in [0, 0.05) is 31.9 Å². The first kappa shape index (κ1) is 14.8. The molecule has 0 spiro atoms. The summed E-state index contributed by atoms with van der Waals surface area (Å²) in [7, 11) is 4.11. The predicted octanol–water partition coefficient (Wildman–Crippen LogP) is 1.43. The van der Waals surface area contributed by atoms with E-state index in [2.05, 4.69) is 42.0 Å². The van der Waals surface area contributed by atoms with E-state index in [1.54, 1.807) is 0 Å². The molecule has 0 aromatic rings. The van der Waals surface area contributed by atoms with Gasteiger partial charge in [0.15, 0.2) is 0 Å². The number of aliphatic imine (C=N–C) groups is 1. The van der Waals surface area contributed by atoms with Crippen molar-refractivity contribution in [2.24, 2.45) is 4.99 Å². The minimum Gasteiger partial charge on any atom is -0.462 e. The fraction of sp³-hybridized carbons (Fsp3) is 0.600. The van der Waals surface area contributed by atoms with Gasteiger partial charge in [-0.2, -0.15) is 0 Å². The lowest BCUT2D eigenvalue weighted by Gasteiger charge is -2.27. The number of carbonyl (C=O) groups is 1. The molecule has 20 heavy (non-hydrogen) atoms. The van der Waals surface area contributed by atoms with E-state index in [0.29, 0.717) is 18.7 Å². The number of esters is 1. The summed E-state index contributed by atoms with van der Waals surface area (Å²) in [5.41, 5.74) is 3.04. The van der Waals surface area contributed by atoms with Gasteiger partial charge in [-0.15, -0.1) is 0 Å². The molecule has 0 aliphatic carbocycles. The summed E-state index contributed by atoms with van der Waals surface area (Å²) in [5, 5.41) is 0. The minimum absolute atomic E-state index is 0.229. The first-order chi connectivity index (χ1) is 9.56. The largest absolute Gasteiger partial charge is 0.462 e. The lowest BCUT2D eigenvalue weighted by atomic mass is 9.96. The number of hydrogen-bond acceptors (Lipinski definition) is 5. The molecule has 0 radical (unpaired) electrons. The Bertz CT molecular complexity index is 478. The van der Waals surface area contributed by atoms with E-state index in [4.69, 9.17) is 4.74 Å². The van der Waals surface area contributed by atoms with E-state index in [1.807, 2.05) is 13.1 Å². The molecule has 0 saturated heterocycles. The van der Waals surface area contributed by atoms with Crippen LogP contribution in [0.4, 0.5) is 0 Å². The van der Waals surface area contributed by atoms with Crippen LogP contribution in [0.1, 0.15) is 20.3 Å². The van der Waals surface area contributed by atoms with Crippen LogP contribution in [-0.2, 0) is 9.53 Å². The molecule has 0 amide bonds. The van der Waals surface area contributed by atoms with Crippen molar-refractivity contribution in [2.75, 3.05) is 33.8 Å². The zero-order chi connectivity index (χ0) is 14.7. The molecule has 0 aromatic heterocycles. The predicted molar refractivity (Wildman–Crippen MR) is 79.6 cm³/mol. The highest BCUT2D eigenvalue weighted by Gasteiger charge is 2.34. The van der Waals surface area contributed by atoms with Crippen molar-refractivity contribution in [3.05, 3.63) is 23.5 Å². The lowest BCUT2D eigenvalue weighted by molar-refractivity contribution is -0.135. The molecule has 0 fully saturated rings. The van der Waals surface area contributed by atoms with Crippen molar-refractivity contribution in [2.45, 2.75) is 26.3 Å². The number of carbonyl (C=O) groups excluding carboxylic acids is 1. The molecule has 0 N–H and O–H groups in total. The SMILES string of the molecule is CCOC(=O)C1=NC=C2C(CN(C)C)=CN(CC)C2C1. The molecule has 0 saturated carbocycles. The van der Waals surface area contributed by atoms with Crippen LogP contribution in [0.25, 0.3) is 0 Å². The van der Waals surface area contributed by atoms with Crippen LogP contribution in [0, 0.1) is 0 Å². The van der Waals surface area contributed by atoms with Gasteiger partial charge in [-0.25, -0.2) is 4.79 Å². The highest BCUT2D eigenvalue weighted by molar-refractivity contribution is 6.37. The Hall–Kier alpha value is -1.62. The summed E-state index contributed by atoms with van der Waals surface area (Å²) in [6.07, 6.45) is 4.66. The third kappa shape index (κ3) is 2.93. The van der Waals surface area contributed by atoms with Crippen molar-refractivity contribution in [3.63, 3.8) is 0 Å². The quantitative estimate of drug-likeness (QED) is 0.713. The Morgan fingerprint density at radius 1 is 1.50 bits per heavy atom. The molecule has 5 nitrogen and oxygen atoms in total. The van der Waals surface area contributed by atoms with Crippen LogP contribution in [0.15, 0.2) is 28.5 Å². The fourth-order valence-corrected chi connectivity index (χ4v) is 2.67. The average Bonchev–Trinajstić information content (AvgIpc) is 2.75. The first-order valence-electron chi connectivity index (χ1n) is 7.12. The molecular formula is C15H23N3O2. The van der Waals surface area contributed by atoms with Gasteiger partial charge in [0.25, 0.3) is 0 Å². The van der Waals surface area contributed by atoms with Crippen LogP contribution in [0.2, 0.25) is 0 Å². The highest BCUT2D eigenvalue weighted by Crippen LogP contribution is 2.32. The van der Waals surface area contributed by atoms with Gasteiger partial charge in [0.2, 0.25) is 0 Å². The summed E-state index contributed by atoms with van der Waals surface area (Å²) in [5.74, 6) is -0.292. The molecule has 110 valence electrons. The Morgan fingerprint density at radius 2 is 2.25 bits per heavy atom. The summed E-state index contributed by atoms with van der Waals surface area (Å²) in [6.45, 7) is 6.15. The summed E-state index contributed by atoms with van der Waals surface area (Å²) in [4.78, 5) is 20.5. The standard InChI is InChI=1S/C15H23N3O2/c1-5-18-10-11(9-17(3)4)12-8-16-13(7-14(12)18)15(19)20-6-2/h8,10,14H,5-7,9H2,1-4H3. The zero-order valence-corrected chi connectivity index (χ0v) is 12.7. The van der Waals surface area contributed by atoms with Gasteiger partial charge in [-0.05, 0) is 39.1 Å².